The van der Waals surface area contributed by atoms with E-state index in [1.54, 1.807) is 31.2 Å². The molecule has 3 aromatic rings. The van der Waals surface area contributed by atoms with Gasteiger partial charge in [0.1, 0.15) is 11.9 Å². The molecule has 3 aromatic carbocycles. The van der Waals surface area contributed by atoms with Gasteiger partial charge in [0.15, 0.2) is 0 Å². The molecule has 0 aliphatic carbocycles. The van der Waals surface area contributed by atoms with Crippen molar-refractivity contribution in [2.75, 3.05) is 42.7 Å². The maximum absolute atomic E-state index is 15.5. The van der Waals surface area contributed by atoms with Crippen LogP contribution in [0.2, 0.25) is 0 Å². The van der Waals surface area contributed by atoms with Crippen LogP contribution in [0.4, 0.5) is 15.8 Å². The maximum Gasteiger partial charge on any atom is 0.278 e. The van der Waals surface area contributed by atoms with Crippen LogP contribution in [0.3, 0.4) is 0 Å². The minimum absolute atomic E-state index is 0.0777. The number of nitrogens with one attached hydrogen (secondary N) is 2. The Bertz CT molecular complexity index is 2430. The summed E-state index contributed by atoms with van der Waals surface area (Å²) >= 11 is 1.53. The number of amides is 4. The fourth-order valence-electron chi connectivity index (χ4n) is 9.31. The quantitative estimate of drug-likeness (QED) is 0.0964. The number of aliphatic hydroxyl groups excluding tert-OH is 1. The molecule has 5 heterocycles. The molecule has 322 valence electrons. The Kier molecular flexibility index (Phi) is 12.5. The van der Waals surface area contributed by atoms with Gasteiger partial charge in [-0.25, -0.2) is 22.8 Å². The number of thioether (sulfide) groups is 1. The van der Waals surface area contributed by atoms with E-state index < -0.39 is 45.7 Å². The van der Waals surface area contributed by atoms with Crippen LogP contribution in [0.25, 0.3) is 11.1 Å². The molecule has 5 aliphatic heterocycles. The summed E-state index contributed by atoms with van der Waals surface area (Å²) in [6.45, 7) is 2.62. The third-order valence-corrected chi connectivity index (χ3v) is 15.3. The summed E-state index contributed by atoms with van der Waals surface area (Å²) in [4.78, 5) is 62.6. The standard InChI is InChI=1S/C44H50FN7O7S2/c1-26-24-47-44(48-26)61(58,59)51-20-18-29-36(25-53)50(2)34-15-12-27(22-32(34)40(29)51)31-23-28(13-14-33(31)45)46-19-7-5-3-4-6-8-21-60-37-11-9-10-30-39(37)43(57)52(42(30)56)35-16-17-38(54)49-41(35)55/h9-15,22-24,26,29,35-36,40,46,53H,3-8,16-21,25H2,1-2H3,(H,49,54,55)/t26?,29-,35?,36-,40-/m1/s1. The zero-order chi connectivity index (χ0) is 43.0. The number of amidine groups is 1. The Balaban J connectivity index is 0.823. The van der Waals surface area contributed by atoms with E-state index in [0.29, 0.717) is 35.2 Å². The second-order valence-corrected chi connectivity index (χ2v) is 19.2. The summed E-state index contributed by atoms with van der Waals surface area (Å²) in [7, 11) is -2.11. The number of carbonyl (C=O) groups excluding carboxylic acids is 4. The van der Waals surface area contributed by atoms with E-state index in [1.807, 2.05) is 36.2 Å². The number of imide groups is 2. The average molecular weight is 872 g/mol. The molecular formula is C44H50FN7O7S2. The Morgan fingerprint density at radius 2 is 1.74 bits per heavy atom. The zero-order valence-electron chi connectivity index (χ0n) is 34.2. The Morgan fingerprint density at radius 1 is 0.951 bits per heavy atom. The predicted molar refractivity (Wildman–Crippen MR) is 233 cm³/mol. The number of benzene rings is 3. The minimum atomic E-state index is -4.01. The normalized spacial score (nSPS) is 23.6. The third-order valence-electron chi connectivity index (χ3n) is 12.4. The number of likely N-dealkylation sites (N-methyl/N-ethyl adjacent to an activating group) is 1. The van der Waals surface area contributed by atoms with Gasteiger partial charge in [-0.2, -0.15) is 4.31 Å². The van der Waals surface area contributed by atoms with Gasteiger partial charge in [0, 0.05) is 60.5 Å². The molecular weight excluding hydrogens is 822 g/mol. The van der Waals surface area contributed by atoms with Crippen molar-refractivity contribution in [2.24, 2.45) is 15.9 Å². The van der Waals surface area contributed by atoms with Crippen molar-refractivity contribution in [1.82, 2.24) is 14.5 Å². The van der Waals surface area contributed by atoms with E-state index in [4.69, 9.17) is 0 Å². The van der Waals surface area contributed by atoms with E-state index in [0.717, 1.165) is 71.0 Å². The molecule has 0 radical (unpaired) electrons. The van der Waals surface area contributed by atoms with Crippen molar-refractivity contribution < 1.29 is 37.1 Å². The number of carbonyl (C=O) groups is 4. The van der Waals surface area contributed by atoms with Gasteiger partial charge in [-0.05, 0) is 92.0 Å². The SMILES string of the molecule is CC1C=NC(S(=O)(=O)N2CC[C@@H]3[C@@H](CO)N(C)c4ccc(-c5cc(NCCCCCCCCSc6cccc7c6C(=O)N(C6CCC(=O)NC6=O)C7=O)ccc5F)cc4[C@@H]32)=N1. The number of aliphatic imine (C=N–C) groups is 2. The molecule has 8 rings (SSSR count). The monoisotopic (exact) mass is 871 g/mol. The van der Waals surface area contributed by atoms with Crippen molar-refractivity contribution in [2.45, 2.75) is 93.8 Å². The van der Waals surface area contributed by atoms with E-state index in [1.165, 1.54) is 28.3 Å². The van der Waals surface area contributed by atoms with Crippen LogP contribution in [0, 0.1) is 11.7 Å². The molecule has 0 bridgehead atoms. The highest BCUT2D eigenvalue weighted by molar-refractivity contribution is 8.04. The van der Waals surface area contributed by atoms with E-state index in [9.17, 15) is 32.7 Å². The first kappa shape index (κ1) is 42.7. The van der Waals surface area contributed by atoms with Crippen LogP contribution in [-0.2, 0) is 19.6 Å². The molecule has 4 amide bonds. The first-order chi connectivity index (χ1) is 29.4. The summed E-state index contributed by atoms with van der Waals surface area (Å²) < 4.78 is 44.7. The summed E-state index contributed by atoms with van der Waals surface area (Å²) in [6, 6.07) is 13.6. The largest absolute Gasteiger partial charge is 0.394 e. The zero-order valence-corrected chi connectivity index (χ0v) is 35.8. The lowest BCUT2D eigenvalue weighted by Gasteiger charge is -2.44. The lowest BCUT2D eigenvalue weighted by molar-refractivity contribution is -0.136. The number of rotatable bonds is 15. The van der Waals surface area contributed by atoms with Gasteiger partial charge in [-0.3, -0.25) is 29.4 Å². The Morgan fingerprint density at radius 3 is 2.49 bits per heavy atom. The lowest BCUT2D eigenvalue weighted by atomic mass is 9.81. The molecule has 2 fully saturated rings. The number of unbranched alkanes of at least 4 members (excludes halogenated alkanes) is 5. The van der Waals surface area contributed by atoms with E-state index >= 15 is 4.39 Å². The molecule has 0 spiro atoms. The molecule has 2 saturated heterocycles. The highest BCUT2D eigenvalue weighted by Gasteiger charge is 2.51. The van der Waals surface area contributed by atoms with Crippen molar-refractivity contribution in [1.29, 1.82) is 0 Å². The van der Waals surface area contributed by atoms with Crippen LogP contribution < -0.4 is 15.5 Å². The highest BCUT2D eigenvalue weighted by Crippen LogP contribution is 2.51. The summed E-state index contributed by atoms with van der Waals surface area (Å²) in [5, 5.41) is 15.9. The van der Waals surface area contributed by atoms with Crippen LogP contribution in [-0.4, -0.2) is 108 Å². The van der Waals surface area contributed by atoms with E-state index in [2.05, 4.69) is 20.6 Å². The van der Waals surface area contributed by atoms with Crippen molar-refractivity contribution in [3.63, 3.8) is 0 Å². The van der Waals surface area contributed by atoms with Gasteiger partial charge in [0.25, 0.3) is 27.0 Å². The smallest absolute Gasteiger partial charge is 0.278 e. The minimum Gasteiger partial charge on any atom is -0.394 e. The number of anilines is 2. The summed E-state index contributed by atoms with van der Waals surface area (Å²) in [6.07, 6.45) is 8.25. The lowest BCUT2D eigenvalue weighted by Crippen LogP contribution is -2.54. The number of sulfonamides is 1. The predicted octanol–water partition coefficient (Wildman–Crippen LogP) is 5.77. The Labute approximate surface area is 359 Å². The first-order valence-corrected chi connectivity index (χ1v) is 23.4. The topological polar surface area (TPSA) is 181 Å². The highest BCUT2D eigenvalue weighted by atomic mass is 32.2. The van der Waals surface area contributed by atoms with Gasteiger partial charge < -0.3 is 15.3 Å². The molecule has 5 atom stereocenters. The number of aliphatic hydroxyl groups is 1. The number of fused-ring (bicyclic) bond motifs is 4. The van der Waals surface area contributed by atoms with Crippen LogP contribution >= 0.6 is 11.8 Å². The van der Waals surface area contributed by atoms with Crippen LogP contribution in [0.1, 0.15) is 97.0 Å². The third kappa shape index (κ3) is 8.24. The molecule has 61 heavy (non-hydrogen) atoms. The summed E-state index contributed by atoms with van der Waals surface area (Å²) in [5.74, 6) is -1.80. The van der Waals surface area contributed by atoms with Crippen molar-refractivity contribution in [3.8, 4) is 11.1 Å². The van der Waals surface area contributed by atoms with Crippen molar-refractivity contribution >= 4 is 68.2 Å². The molecule has 0 aromatic heterocycles. The van der Waals surface area contributed by atoms with Crippen LogP contribution in [0.15, 0.2) is 69.5 Å². The second kappa shape index (κ2) is 17.8. The average Bonchev–Trinajstić information content (AvgIpc) is 3.96. The van der Waals surface area contributed by atoms with Crippen molar-refractivity contribution in [3.05, 3.63) is 77.1 Å². The Hall–Kier alpha value is -4.97. The maximum atomic E-state index is 15.5. The number of halogens is 1. The second-order valence-electron chi connectivity index (χ2n) is 16.3. The number of hydrogen-bond donors (Lipinski definition) is 3. The van der Waals surface area contributed by atoms with Crippen LogP contribution in [0.5, 0.6) is 0 Å². The van der Waals surface area contributed by atoms with E-state index in [-0.39, 0.29) is 55.0 Å². The number of hydrogen-bond acceptors (Lipinski definition) is 12. The first-order valence-electron chi connectivity index (χ1n) is 21.0. The van der Waals surface area contributed by atoms with Gasteiger partial charge in [-0.15, -0.1) is 11.8 Å². The van der Waals surface area contributed by atoms with Gasteiger partial charge in [0.05, 0.1) is 35.9 Å². The van der Waals surface area contributed by atoms with Gasteiger partial charge in [0.2, 0.25) is 11.8 Å². The number of nitrogens with zero attached hydrogens (tertiary/aromatic N) is 5. The fraction of sp³-hybridized carbons (Fsp3) is 0.455. The number of piperidine rings is 1. The fourth-order valence-corrected chi connectivity index (χ4v) is 12.0. The molecule has 5 aliphatic rings. The van der Waals surface area contributed by atoms with Gasteiger partial charge >= 0.3 is 0 Å². The molecule has 14 nitrogen and oxygen atoms in total. The molecule has 2 unspecified atom stereocenters. The molecule has 0 saturated carbocycles. The molecule has 3 N–H and O–H groups in total. The summed E-state index contributed by atoms with van der Waals surface area (Å²) in [5.41, 5.74) is 3.99. The van der Waals surface area contributed by atoms with Gasteiger partial charge in [-0.1, -0.05) is 37.8 Å². The molecule has 17 heteroatoms.